The van der Waals surface area contributed by atoms with Gasteiger partial charge in [-0.15, -0.1) is 5.56 Å². The fourth-order valence-corrected chi connectivity index (χ4v) is 2.99. The fraction of sp³-hybridized carbons (Fsp3) is 0.353. The van der Waals surface area contributed by atoms with Gasteiger partial charge in [-0.25, -0.2) is 0 Å². The van der Waals surface area contributed by atoms with Crippen LogP contribution >= 0.6 is 0 Å². The normalized spacial score (nSPS) is 18.0. The van der Waals surface area contributed by atoms with Gasteiger partial charge in [-0.1, -0.05) is 30.4 Å². The van der Waals surface area contributed by atoms with E-state index in [4.69, 9.17) is 14.7 Å². The molecule has 0 N–H and O–H groups in total. The van der Waals surface area contributed by atoms with E-state index < -0.39 is 5.79 Å². The van der Waals surface area contributed by atoms with E-state index in [-0.39, 0.29) is 58.2 Å². The van der Waals surface area contributed by atoms with Crippen molar-refractivity contribution >= 4 is 0 Å². The average molecular weight is 378 g/mol. The maximum Gasteiger partial charge on any atom is 1.00 e. The van der Waals surface area contributed by atoms with Crippen LogP contribution in [0.1, 0.15) is 23.2 Å². The van der Waals surface area contributed by atoms with E-state index in [9.17, 15) is 0 Å². The third-order valence-electron chi connectivity index (χ3n) is 4.16. The molecule has 2 aliphatic rings. The Kier molecular flexibility index (Phi) is 5.41. The van der Waals surface area contributed by atoms with E-state index in [1.54, 1.807) is 12.1 Å². The van der Waals surface area contributed by atoms with Crippen LogP contribution in [0.2, 0.25) is 0 Å². The van der Waals surface area contributed by atoms with Crippen LogP contribution in [-0.2, 0) is 22.3 Å². The first-order valence-corrected chi connectivity index (χ1v) is 7.34. The number of nitriles is 1. The molecule has 5 nitrogen and oxygen atoms in total. The van der Waals surface area contributed by atoms with Gasteiger partial charge in [-0.3, -0.25) is 0 Å². The number of rotatable bonds is 1. The zero-order valence-corrected chi connectivity index (χ0v) is 17.9. The molecular formula is C17H14N3O2Rb. The van der Waals surface area contributed by atoms with Gasteiger partial charge in [0.05, 0.1) is 24.8 Å². The van der Waals surface area contributed by atoms with E-state index in [1.165, 1.54) is 0 Å². The van der Waals surface area contributed by atoms with Crippen molar-refractivity contribution in [2.75, 3.05) is 13.2 Å². The molecule has 0 atom stereocenters. The molecule has 1 saturated heterocycles. The van der Waals surface area contributed by atoms with Gasteiger partial charge < -0.3 is 19.4 Å². The molecule has 1 spiro atoms. The van der Waals surface area contributed by atoms with E-state index in [2.05, 4.69) is 22.2 Å². The molecule has 1 aromatic heterocycles. The number of benzene rings is 1. The van der Waals surface area contributed by atoms with Crippen LogP contribution in [0.4, 0.5) is 0 Å². The Balaban J connectivity index is 0.00000156. The fourth-order valence-electron chi connectivity index (χ4n) is 2.99. The van der Waals surface area contributed by atoms with E-state index in [0.29, 0.717) is 31.0 Å². The second-order valence-electron chi connectivity index (χ2n) is 5.56. The van der Waals surface area contributed by atoms with Crippen LogP contribution in [0.5, 0.6) is 0 Å². The van der Waals surface area contributed by atoms with E-state index in [0.717, 1.165) is 29.7 Å². The van der Waals surface area contributed by atoms with Crippen molar-refractivity contribution in [1.29, 1.82) is 5.26 Å². The second kappa shape index (κ2) is 7.18. The van der Waals surface area contributed by atoms with Gasteiger partial charge in [-0.2, -0.15) is 5.26 Å². The first-order chi connectivity index (χ1) is 10.8. The summed E-state index contributed by atoms with van der Waals surface area (Å²) in [5, 5.41) is 8.85. The summed E-state index contributed by atoms with van der Waals surface area (Å²) in [5.74, 6) is 0.162. The first-order valence-electron chi connectivity index (χ1n) is 7.34. The van der Waals surface area contributed by atoms with E-state index in [1.807, 2.05) is 12.1 Å². The summed E-state index contributed by atoms with van der Waals surface area (Å²) >= 11 is 0. The molecule has 1 aliphatic heterocycles. The molecule has 1 aromatic carbocycles. The van der Waals surface area contributed by atoms with E-state index >= 15 is 0 Å². The number of nitrogens with zero attached hydrogens (tertiary/aromatic N) is 3. The molecule has 2 heterocycles. The van der Waals surface area contributed by atoms with Gasteiger partial charge in [0.2, 0.25) is 0 Å². The third kappa shape index (κ3) is 3.48. The number of ether oxygens (including phenoxy) is 2. The summed E-state index contributed by atoms with van der Waals surface area (Å²) in [5.41, 5.74) is 3.51. The molecule has 4 rings (SSSR count). The maximum absolute atomic E-state index is 8.85. The smallest absolute Gasteiger partial charge is 0.369 e. The maximum atomic E-state index is 8.85. The van der Waals surface area contributed by atoms with Crippen molar-refractivity contribution in [3.63, 3.8) is 0 Å². The number of fused-ring (bicyclic) bond motifs is 1. The predicted octanol–water partition coefficient (Wildman–Crippen LogP) is -0.949. The minimum atomic E-state index is -0.483. The van der Waals surface area contributed by atoms with Crippen LogP contribution in [0.3, 0.4) is 0 Å². The van der Waals surface area contributed by atoms with Gasteiger partial charge in [0.15, 0.2) is 5.79 Å². The Morgan fingerprint density at radius 3 is 2.61 bits per heavy atom. The zero-order chi connectivity index (χ0) is 15.0. The minimum absolute atomic E-state index is 0. The number of hydrogen-bond acceptors (Lipinski definition) is 5. The van der Waals surface area contributed by atoms with Crippen LogP contribution in [0, 0.1) is 17.5 Å². The van der Waals surface area contributed by atoms with Crippen molar-refractivity contribution in [3.05, 3.63) is 47.3 Å². The molecule has 0 amide bonds. The number of hydrogen-bond donors (Lipinski definition) is 0. The SMILES string of the molecule is N#Cc1ccc(-c2n[c-]c3c(n2)CCC2(C3)OCCO2)cc1.[Rb+]. The molecule has 0 bridgehead atoms. The summed E-state index contributed by atoms with van der Waals surface area (Å²) in [6.45, 7) is 1.30. The Morgan fingerprint density at radius 2 is 1.91 bits per heavy atom. The average Bonchev–Trinajstić information content (AvgIpc) is 3.02. The number of aromatic nitrogens is 2. The van der Waals surface area contributed by atoms with Gasteiger partial charge in [0.1, 0.15) is 0 Å². The minimum Gasteiger partial charge on any atom is -0.369 e. The van der Waals surface area contributed by atoms with Gasteiger partial charge >= 0.3 is 58.2 Å². The van der Waals surface area contributed by atoms with Gasteiger partial charge in [-0.05, 0) is 24.1 Å². The van der Waals surface area contributed by atoms with Gasteiger partial charge in [0.25, 0.3) is 0 Å². The zero-order valence-electron chi connectivity index (χ0n) is 13.0. The Labute approximate surface area is 183 Å². The predicted molar refractivity (Wildman–Crippen MR) is 77.7 cm³/mol. The third-order valence-corrected chi connectivity index (χ3v) is 4.16. The van der Waals surface area contributed by atoms with Crippen molar-refractivity contribution in [2.24, 2.45) is 0 Å². The van der Waals surface area contributed by atoms with Crippen LogP contribution in [0.25, 0.3) is 11.4 Å². The first kappa shape index (κ1) is 17.3. The molecule has 0 radical (unpaired) electrons. The summed E-state index contributed by atoms with van der Waals surface area (Å²) in [6, 6.07) is 9.37. The topological polar surface area (TPSA) is 68.0 Å². The molecular weight excluding hydrogens is 364 g/mol. The quantitative estimate of drug-likeness (QED) is 0.600. The van der Waals surface area contributed by atoms with Crippen molar-refractivity contribution in [2.45, 2.75) is 25.0 Å². The standard InChI is InChI=1S/C17H14N3O2.Rb/c18-10-12-1-3-13(4-2-12)16-19-11-14-9-17(21-7-8-22-17)6-5-15(14)20-16;/h1-4H,5-9H2;/q-1;+1. The number of aryl methyl sites for hydroxylation is 1. The van der Waals surface area contributed by atoms with Crippen LogP contribution < -0.4 is 58.2 Å². The molecule has 2 aromatic rings. The summed E-state index contributed by atoms with van der Waals surface area (Å²) in [6.07, 6.45) is 5.38. The van der Waals surface area contributed by atoms with Crippen molar-refractivity contribution in [1.82, 2.24) is 9.97 Å². The molecule has 23 heavy (non-hydrogen) atoms. The Bertz CT molecular complexity index is 749. The molecule has 1 fully saturated rings. The largest absolute Gasteiger partial charge is 1.00 e. The monoisotopic (exact) mass is 377 g/mol. The molecule has 110 valence electrons. The summed E-state index contributed by atoms with van der Waals surface area (Å²) in [4.78, 5) is 9.00. The Morgan fingerprint density at radius 1 is 1.17 bits per heavy atom. The molecule has 1 aliphatic carbocycles. The Hall–Kier alpha value is -0.485. The van der Waals surface area contributed by atoms with Crippen molar-refractivity contribution in [3.8, 4) is 17.5 Å². The molecule has 0 unspecified atom stereocenters. The second-order valence-corrected chi connectivity index (χ2v) is 5.56. The molecule has 0 saturated carbocycles. The molecule has 6 heteroatoms. The van der Waals surface area contributed by atoms with Crippen LogP contribution in [-0.4, -0.2) is 29.0 Å². The summed E-state index contributed by atoms with van der Waals surface area (Å²) < 4.78 is 11.5. The van der Waals surface area contributed by atoms with Crippen LogP contribution in [0.15, 0.2) is 24.3 Å². The summed E-state index contributed by atoms with van der Waals surface area (Å²) in [7, 11) is 0. The van der Waals surface area contributed by atoms with Gasteiger partial charge in [0, 0.05) is 12.2 Å². The van der Waals surface area contributed by atoms with Crippen molar-refractivity contribution < 1.29 is 67.7 Å².